The summed E-state index contributed by atoms with van der Waals surface area (Å²) in [5.41, 5.74) is 0.897. The average Bonchev–Trinajstić information content (AvgIpc) is 2.89. The Morgan fingerprint density at radius 2 is 2.33 bits per heavy atom. The number of piperidine rings is 1. The summed E-state index contributed by atoms with van der Waals surface area (Å²) >= 11 is 0. The number of aliphatic imine (C=N–C) groups is 1. The predicted molar refractivity (Wildman–Crippen MR) is 68.1 cm³/mol. The number of benzene rings is 1. The van der Waals surface area contributed by atoms with E-state index in [4.69, 9.17) is 4.74 Å². The molecule has 1 fully saturated rings. The molecule has 0 spiro atoms. The monoisotopic (exact) mass is 248 g/mol. The molecule has 4 heteroatoms. The number of hydrogen-bond donors (Lipinski definition) is 1. The zero-order chi connectivity index (χ0) is 12.4. The summed E-state index contributed by atoms with van der Waals surface area (Å²) in [5.74, 6) is 1.02. The van der Waals surface area contributed by atoms with Crippen molar-refractivity contribution < 1.29 is 9.13 Å². The van der Waals surface area contributed by atoms with Gasteiger partial charge in [0.05, 0.1) is 0 Å². The van der Waals surface area contributed by atoms with Crippen molar-refractivity contribution in [2.45, 2.75) is 18.9 Å². The summed E-state index contributed by atoms with van der Waals surface area (Å²) in [7, 11) is 0. The summed E-state index contributed by atoms with van der Waals surface area (Å²) < 4.78 is 18.9. The van der Waals surface area contributed by atoms with Gasteiger partial charge in [0.25, 0.3) is 0 Å². The molecule has 0 amide bonds. The number of nitrogens with one attached hydrogen (secondary N) is 1. The Morgan fingerprint density at radius 3 is 3.11 bits per heavy atom. The first-order valence-corrected chi connectivity index (χ1v) is 6.49. The molecule has 0 bridgehead atoms. The van der Waals surface area contributed by atoms with Gasteiger partial charge in [-0.1, -0.05) is 12.1 Å². The fourth-order valence-electron chi connectivity index (χ4n) is 2.56. The third kappa shape index (κ3) is 2.38. The molecule has 1 N–H and O–H groups in total. The zero-order valence-electron chi connectivity index (χ0n) is 10.2. The van der Waals surface area contributed by atoms with Crippen LogP contribution < -0.4 is 5.32 Å². The Balaban J connectivity index is 1.74. The lowest BCUT2D eigenvalue weighted by atomic mass is 9.99. The van der Waals surface area contributed by atoms with Crippen LogP contribution in [0.25, 0.3) is 0 Å². The second kappa shape index (κ2) is 5.06. The van der Waals surface area contributed by atoms with E-state index in [1.54, 1.807) is 12.1 Å². The van der Waals surface area contributed by atoms with Gasteiger partial charge in [0.15, 0.2) is 5.90 Å². The average molecular weight is 248 g/mol. The molecule has 0 saturated carbocycles. The van der Waals surface area contributed by atoms with Crippen molar-refractivity contribution in [3.05, 3.63) is 35.6 Å². The molecule has 18 heavy (non-hydrogen) atoms. The number of halogens is 1. The van der Waals surface area contributed by atoms with E-state index in [1.807, 2.05) is 6.07 Å². The van der Waals surface area contributed by atoms with E-state index in [1.165, 1.54) is 6.07 Å². The third-order valence-corrected chi connectivity index (χ3v) is 3.55. The largest absolute Gasteiger partial charge is 0.478 e. The van der Waals surface area contributed by atoms with Crippen LogP contribution in [0.5, 0.6) is 0 Å². The van der Waals surface area contributed by atoms with E-state index in [0.29, 0.717) is 12.5 Å². The Hall–Kier alpha value is -1.42. The van der Waals surface area contributed by atoms with Gasteiger partial charge < -0.3 is 10.1 Å². The van der Waals surface area contributed by atoms with E-state index in [9.17, 15) is 4.39 Å². The van der Waals surface area contributed by atoms with Crippen molar-refractivity contribution in [1.82, 2.24) is 5.32 Å². The molecule has 2 aliphatic rings. The maximum absolute atomic E-state index is 13.2. The Labute approximate surface area is 106 Å². The normalized spacial score (nSPS) is 27.7. The minimum Gasteiger partial charge on any atom is -0.478 e. The second-order valence-electron chi connectivity index (χ2n) is 4.89. The first kappa shape index (κ1) is 11.7. The van der Waals surface area contributed by atoms with Gasteiger partial charge in [-0.3, -0.25) is 0 Å². The van der Waals surface area contributed by atoms with Crippen LogP contribution in [-0.2, 0) is 4.74 Å². The van der Waals surface area contributed by atoms with E-state index in [0.717, 1.165) is 37.4 Å². The van der Waals surface area contributed by atoms with Crippen LogP contribution in [0.2, 0.25) is 0 Å². The third-order valence-electron chi connectivity index (χ3n) is 3.55. The van der Waals surface area contributed by atoms with Crippen LogP contribution >= 0.6 is 0 Å². The summed E-state index contributed by atoms with van der Waals surface area (Å²) in [4.78, 5) is 4.61. The maximum Gasteiger partial charge on any atom is 0.188 e. The molecule has 3 rings (SSSR count). The Kier molecular flexibility index (Phi) is 3.28. The highest BCUT2D eigenvalue weighted by molar-refractivity contribution is 5.80. The number of rotatable bonds is 2. The highest BCUT2D eigenvalue weighted by Gasteiger charge is 2.27. The Morgan fingerprint density at radius 1 is 1.39 bits per heavy atom. The van der Waals surface area contributed by atoms with Crippen molar-refractivity contribution >= 4 is 5.90 Å². The second-order valence-corrected chi connectivity index (χ2v) is 4.89. The molecule has 2 aliphatic heterocycles. The van der Waals surface area contributed by atoms with Crippen LogP contribution in [-0.4, -0.2) is 25.6 Å². The molecule has 1 aromatic carbocycles. The van der Waals surface area contributed by atoms with E-state index in [2.05, 4.69) is 10.3 Å². The van der Waals surface area contributed by atoms with Crippen LogP contribution in [0.4, 0.5) is 4.39 Å². The minimum absolute atomic E-state index is 0.0439. The van der Waals surface area contributed by atoms with Crippen molar-refractivity contribution in [3.63, 3.8) is 0 Å². The van der Waals surface area contributed by atoms with E-state index >= 15 is 0 Å². The Bertz CT molecular complexity index is 455. The molecule has 0 aromatic heterocycles. The summed E-state index contributed by atoms with van der Waals surface area (Å²) in [6.07, 6.45) is 2.29. The van der Waals surface area contributed by atoms with Gasteiger partial charge in [-0.25, -0.2) is 9.38 Å². The lowest BCUT2D eigenvalue weighted by molar-refractivity contribution is 0.286. The summed E-state index contributed by atoms with van der Waals surface area (Å²) in [6, 6.07) is 6.58. The number of hydrogen-bond acceptors (Lipinski definition) is 3. The standard InChI is InChI=1S/C14H17FN2O/c15-12-5-1-3-10(7-12)13-9-18-14(17-13)11-4-2-6-16-8-11/h1,3,5,7,11,13,16H,2,4,6,8-9H2. The lowest BCUT2D eigenvalue weighted by Gasteiger charge is -2.21. The smallest absolute Gasteiger partial charge is 0.188 e. The molecule has 1 saturated heterocycles. The molecule has 2 unspecified atom stereocenters. The molecule has 96 valence electrons. The molecule has 2 atom stereocenters. The molecule has 0 radical (unpaired) electrons. The molecule has 1 aromatic rings. The zero-order valence-corrected chi connectivity index (χ0v) is 10.2. The fraction of sp³-hybridized carbons (Fsp3) is 0.500. The molecule has 0 aliphatic carbocycles. The van der Waals surface area contributed by atoms with Gasteiger partial charge in [0, 0.05) is 12.5 Å². The summed E-state index contributed by atoms with van der Waals surface area (Å²) in [5, 5.41) is 3.35. The molecule has 2 heterocycles. The van der Waals surface area contributed by atoms with Crippen LogP contribution in [0.3, 0.4) is 0 Å². The highest BCUT2D eigenvalue weighted by Crippen LogP contribution is 2.27. The number of ether oxygens (including phenoxy) is 1. The van der Waals surface area contributed by atoms with Crippen LogP contribution in [0.1, 0.15) is 24.4 Å². The molecule has 3 nitrogen and oxygen atoms in total. The van der Waals surface area contributed by atoms with E-state index < -0.39 is 0 Å². The number of nitrogens with zero attached hydrogens (tertiary/aromatic N) is 1. The SMILES string of the molecule is Fc1cccc(C2COC(C3CCCNC3)=N2)c1. The lowest BCUT2D eigenvalue weighted by Crippen LogP contribution is -2.34. The van der Waals surface area contributed by atoms with Crippen molar-refractivity contribution in [2.75, 3.05) is 19.7 Å². The first-order valence-electron chi connectivity index (χ1n) is 6.49. The highest BCUT2D eigenvalue weighted by atomic mass is 19.1. The van der Waals surface area contributed by atoms with Crippen LogP contribution in [0, 0.1) is 11.7 Å². The van der Waals surface area contributed by atoms with Crippen molar-refractivity contribution in [3.8, 4) is 0 Å². The van der Waals surface area contributed by atoms with Gasteiger partial charge in [0.2, 0.25) is 0 Å². The van der Waals surface area contributed by atoms with Gasteiger partial charge in [-0.2, -0.15) is 0 Å². The van der Waals surface area contributed by atoms with E-state index in [-0.39, 0.29) is 11.9 Å². The van der Waals surface area contributed by atoms with Gasteiger partial charge in [0.1, 0.15) is 18.5 Å². The predicted octanol–water partition coefficient (Wildman–Crippen LogP) is 2.30. The maximum atomic E-state index is 13.2. The van der Waals surface area contributed by atoms with Gasteiger partial charge in [-0.05, 0) is 37.1 Å². The first-order chi connectivity index (χ1) is 8.83. The summed E-state index contributed by atoms with van der Waals surface area (Å²) in [6.45, 7) is 2.56. The quantitative estimate of drug-likeness (QED) is 0.871. The molecular weight excluding hydrogens is 231 g/mol. The minimum atomic E-state index is -0.213. The van der Waals surface area contributed by atoms with Gasteiger partial charge >= 0.3 is 0 Å². The van der Waals surface area contributed by atoms with Crippen molar-refractivity contribution in [2.24, 2.45) is 10.9 Å². The van der Waals surface area contributed by atoms with Gasteiger partial charge in [-0.15, -0.1) is 0 Å². The molecular formula is C14H17FN2O. The van der Waals surface area contributed by atoms with Crippen LogP contribution in [0.15, 0.2) is 29.3 Å². The van der Waals surface area contributed by atoms with Crippen molar-refractivity contribution in [1.29, 1.82) is 0 Å². The topological polar surface area (TPSA) is 33.6 Å². The fourth-order valence-corrected chi connectivity index (χ4v) is 2.56.